The second-order valence-corrected chi connectivity index (χ2v) is 1.91. The fourth-order valence-electron chi connectivity index (χ4n) is 0.638. The number of ether oxygens (including phenoxy) is 2. The summed E-state index contributed by atoms with van der Waals surface area (Å²) >= 11 is 0. The smallest absolute Gasteiger partial charge is 0.171 e. The number of methoxy groups -OCH3 is 2. The summed E-state index contributed by atoms with van der Waals surface area (Å²) in [5.74, 6) is 0. The Morgan fingerprint density at radius 1 is 1.30 bits per heavy atom. The van der Waals surface area contributed by atoms with Gasteiger partial charge in [-0.15, -0.1) is 12.4 Å². The van der Waals surface area contributed by atoms with E-state index in [1.54, 1.807) is 14.2 Å². The summed E-state index contributed by atoms with van der Waals surface area (Å²) in [5, 5.41) is 0. The van der Waals surface area contributed by atoms with Gasteiger partial charge >= 0.3 is 0 Å². The van der Waals surface area contributed by atoms with Crippen molar-refractivity contribution in [2.45, 2.75) is 25.7 Å². The number of hydrogen-bond donors (Lipinski definition) is 1. The van der Waals surface area contributed by atoms with E-state index in [4.69, 9.17) is 15.2 Å². The van der Waals surface area contributed by atoms with Crippen LogP contribution in [0.5, 0.6) is 0 Å². The Kier molecular flexibility index (Phi) is 9.33. The molecule has 0 aliphatic heterocycles. The molecule has 0 aliphatic rings. The Morgan fingerprint density at radius 3 is 1.80 bits per heavy atom. The fourth-order valence-corrected chi connectivity index (χ4v) is 0.638. The molecule has 0 saturated heterocycles. The molecular formula is C6H16ClNO2. The third-order valence-corrected chi connectivity index (χ3v) is 1.29. The Hall–Kier alpha value is 0.170. The molecule has 0 rings (SSSR count). The Labute approximate surface area is 68.3 Å². The van der Waals surface area contributed by atoms with Crippen LogP contribution in [0.25, 0.3) is 0 Å². The molecule has 0 aliphatic carbocycles. The first kappa shape index (κ1) is 12.8. The van der Waals surface area contributed by atoms with Gasteiger partial charge in [0.2, 0.25) is 0 Å². The van der Waals surface area contributed by atoms with Gasteiger partial charge in [-0.3, -0.25) is 0 Å². The van der Waals surface area contributed by atoms with Crippen molar-refractivity contribution in [3.8, 4) is 0 Å². The van der Waals surface area contributed by atoms with Crippen molar-refractivity contribution in [3.63, 3.8) is 0 Å². The number of halogens is 1. The average Bonchev–Trinajstić information content (AvgIpc) is 1.90. The molecule has 0 aromatic heterocycles. The molecule has 0 aromatic carbocycles. The molecule has 0 amide bonds. The van der Waals surface area contributed by atoms with Gasteiger partial charge < -0.3 is 15.2 Å². The molecule has 64 valence electrons. The van der Waals surface area contributed by atoms with E-state index in [2.05, 4.69) is 0 Å². The summed E-state index contributed by atoms with van der Waals surface area (Å²) in [6.45, 7) is 2.00. The number of hydrogen-bond acceptors (Lipinski definition) is 3. The Balaban J connectivity index is 0. The molecule has 2 N–H and O–H groups in total. The molecule has 0 aromatic rings. The van der Waals surface area contributed by atoms with Crippen LogP contribution in [0.3, 0.4) is 0 Å². The average molecular weight is 170 g/mol. The Morgan fingerprint density at radius 2 is 1.70 bits per heavy atom. The third kappa shape index (κ3) is 4.06. The lowest BCUT2D eigenvalue weighted by molar-refractivity contribution is -0.116. The van der Waals surface area contributed by atoms with E-state index in [9.17, 15) is 0 Å². The van der Waals surface area contributed by atoms with Crippen molar-refractivity contribution in [1.29, 1.82) is 0 Å². The molecule has 3 nitrogen and oxygen atoms in total. The highest BCUT2D eigenvalue weighted by Gasteiger charge is 2.12. The fraction of sp³-hybridized carbons (Fsp3) is 1.00. The lowest BCUT2D eigenvalue weighted by Crippen LogP contribution is -2.36. The topological polar surface area (TPSA) is 44.5 Å². The Bertz CT molecular complexity index is 68.8. The van der Waals surface area contributed by atoms with Gasteiger partial charge in [0.25, 0.3) is 0 Å². The summed E-state index contributed by atoms with van der Waals surface area (Å²) in [7, 11) is 3.17. The monoisotopic (exact) mass is 169 g/mol. The largest absolute Gasteiger partial charge is 0.354 e. The van der Waals surface area contributed by atoms with E-state index in [-0.39, 0.29) is 24.7 Å². The van der Waals surface area contributed by atoms with E-state index in [0.29, 0.717) is 0 Å². The molecule has 0 radical (unpaired) electrons. The van der Waals surface area contributed by atoms with Crippen LogP contribution in [-0.4, -0.2) is 26.6 Å². The second kappa shape index (κ2) is 7.28. The number of rotatable bonds is 4. The van der Waals surface area contributed by atoms with Crippen molar-refractivity contribution in [3.05, 3.63) is 0 Å². The van der Waals surface area contributed by atoms with Crippen molar-refractivity contribution in [2.24, 2.45) is 5.73 Å². The van der Waals surface area contributed by atoms with Gasteiger partial charge in [0, 0.05) is 14.2 Å². The molecule has 0 fully saturated rings. The van der Waals surface area contributed by atoms with Gasteiger partial charge in [-0.05, 0) is 6.42 Å². The van der Waals surface area contributed by atoms with E-state index in [1.807, 2.05) is 6.92 Å². The van der Waals surface area contributed by atoms with Gasteiger partial charge in [-0.2, -0.15) is 0 Å². The van der Waals surface area contributed by atoms with Crippen molar-refractivity contribution < 1.29 is 9.47 Å². The van der Waals surface area contributed by atoms with E-state index in [0.717, 1.165) is 6.42 Å². The van der Waals surface area contributed by atoms with Crippen LogP contribution in [-0.2, 0) is 9.47 Å². The highest BCUT2D eigenvalue weighted by molar-refractivity contribution is 5.85. The minimum atomic E-state index is -0.255. The lowest BCUT2D eigenvalue weighted by Gasteiger charge is -2.18. The molecule has 4 heteroatoms. The SMILES string of the molecule is CCC(N)C(OC)OC.Cl. The predicted octanol–water partition coefficient (Wildman–Crippen LogP) is 0.764. The van der Waals surface area contributed by atoms with Gasteiger partial charge in [-0.1, -0.05) is 6.92 Å². The first-order valence-electron chi connectivity index (χ1n) is 3.07. The minimum absolute atomic E-state index is 0. The normalized spacial score (nSPS) is 12.9. The molecule has 10 heavy (non-hydrogen) atoms. The quantitative estimate of drug-likeness (QED) is 0.633. The molecular weight excluding hydrogens is 154 g/mol. The number of nitrogens with two attached hydrogens (primary N) is 1. The second-order valence-electron chi connectivity index (χ2n) is 1.91. The molecule has 0 saturated carbocycles. The summed E-state index contributed by atoms with van der Waals surface area (Å²) in [4.78, 5) is 0. The minimum Gasteiger partial charge on any atom is -0.354 e. The maximum absolute atomic E-state index is 5.59. The van der Waals surface area contributed by atoms with Crippen LogP contribution in [0.1, 0.15) is 13.3 Å². The van der Waals surface area contributed by atoms with Crippen LogP contribution >= 0.6 is 12.4 Å². The maximum atomic E-state index is 5.59. The van der Waals surface area contributed by atoms with Gasteiger partial charge in [0.15, 0.2) is 6.29 Å². The van der Waals surface area contributed by atoms with E-state index < -0.39 is 0 Å². The molecule has 0 spiro atoms. The summed E-state index contributed by atoms with van der Waals surface area (Å²) < 4.78 is 9.81. The summed E-state index contributed by atoms with van der Waals surface area (Å²) in [5.41, 5.74) is 5.59. The van der Waals surface area contributed by atoms with Crippen molar-refractivity contribution >= 4 is 12.4 Å². The first-order valence-corrected chi connectivity index (χ1v) is 3.07. The summed E-state index contributed by atoms with van der Waals surface area (Å²) in [6.07, 6.45) is 0.613. The predicted molar refractivity (Wildman–Crippen MR) is 43.3 cm³/mol. The zero-order valence-corrected chi connectivity index (χ0v) is 7.48. The zero-order chi connectivity index (χ0) is 7.28. The van der Waals surface area contributed by atoms with Gasteiger partial charge in [0.05, 0.1) is 6.04 Å². The third-order valence-electron chi connectivity index (χ3n) is 1.29. The molecule has 0 bridgehead atoms. The van der Waals surface area contributed by atoms with Crippen LogP contribution in [0.15, 0.2) is 0 Å². The zero-order valence-electron chi connectivity index (χ0n) is 6.66. The lowest BCUT2D eigenvalue weighted by atomic mass is 10.2. The van der Waals surface area contributed by atoms with Crippen LogP contribution in [0.2, 0.25) is 0 Å². The van der Waals surface area contributed by atoms with Crippen LogP contribution < -0.4 is 5.73 Å². The highest BCUT2D eigenvalue weighted by atomic mass is 35.5. The van der Waals surface area contributed by atoms with Crippen molar-refractivity contribution in [1.82, 2.24) is 0 Å². The molecule has 0 heterocycles. The maximum Gasteiger partial charge on any atom is 0.171 e. The standard InChI is InChI=1S/C6H15NO2.ClH/c1-4-5(7)6(8-2)9-3;/h5-6H,4,7H2,1-3H3;1H. The van der Waals surface area contributed by atoms with Crippen LogP contribution in [0, 0.1) is 0 Å². The van der Waals surface area contributed by atoms with Crippen LogP contribution in [0.4, 0.5) is 0 Å². The highest BCUT2D eigenvalue weighted by Crippen LogP contribution is 1.98. The summed E-state index contributed by atoms with van der Waals surface area (Å²) in [6, 6.07) is -0.0139. The molecule has 1 unspecified atom stereocenters. The van der Waals surface area contributed by atoms with E-state index >= 15 is 0 Å². The van der Waals surface area contributed by atoms with Gasteiger partial charge in [-0.25, -0.2) is 0 Å². The van der Waals surface area contributed by atoms with E-state index in [1.165, 1.54) is 0 Å². The van der Waals surface area contributed by atoms with Gasteiger partial charge in [0.1, 0.15) is 0 Å². The van der Waals surface area contributed by atoms with Crippen molar-refractivity contribution in [2.75, 3.05) is 14.2 Å². The first-order chi connectivity index (χ1) is 4.26. The molecule has 1 atom stereocenters.